The summed E-state index contributed by atoms with van der Waals surface area (Å²) in [4.78, 5) is 21.0. The van der Waals surface area contributed by atoms with Crippen molar-refractivity contribution in [2.45, 2.75) is 32.1 Å². The molecule has 1 N–H and O–H groups in total. The second-order valence-corrected chi connectivity index (χ2v) is 8.79. The van der Waals surface area contributed by atoms with Crippen LogP contribution in [0.4, 0.5) is 5.82 Å². The predicted molar refractivity (Wildman–Crippen MR) is 98.0 cm³/mol. The third kappa shape index (κ3) is 6.39. The number of amides is 1. The van der Waals surface area contributed by atoms with Crippen LogP contribution in [0, 0.1) is 0 Å². The van der Waals surface area contributed by atoms with E-state index in [1.165, 1.54) is 0 Å². The van der Waals surface area contributed by atoms with Gasteiger partial charge in [-0.2, -0.15) is 0 Å². The van der Waals surface area contributed by atoms with Crippen molar-refractivity contribution >= 4 is 23.5 Å². The molecule has 1 aromatic heterocycles. The van der Waals surface area contributed by atoms with Crippen LogP contribution < -0.4 is 10.2 Å². The Morgan fingerprint density at radius 1 is 1.26 bits per heavy atom. The highest BCUT2D eigenvalue weighted by atomic mass is 32.2. The maximum atomic E-state index is 11.8. The van der Waals surface area contributed by atoms with E-state index in [2.05, 4.69) is 60.1 Å². The van der Waals surface area contributed by atoms with Crippen LogP contribution in [-0.2, 0) is 11.3 Å². The molecule has 0 bridgehead atoms. The van der Waals surface area contributed by atoms with Crippen molar-refractivity contribution in [1.82, 2.24) is 15.2 Å². The summed E-state index contributed by atoms with van der Waals surface area (Å²) in [6, 6.07) is 4.11. The molecule has 128 valence electrons. The fourth-order valence-corrected chi connectivity index (χ4v) is 2.94. The van der Waals surface area contributed by atoms with Crippen LogP contribution in [0.15, 0.2) is 18.3 Å². The lowest BCUT2D eigenvalue weighted by Gasteiger charge is -2.33. The lowest BCUT2D eigenvalue weighted by molar-refractivity contribution is -0.118. The number of nitrogens with zero attached hydrogens (tertiary/aromatic N) is 3. The maximum absolute atomic E-state index is 11.8. The van der Waals surface area contributed by atoms with Crippen molar-refractivity contribution in [2.24, 2.45) is 0 Å². The van der Waals surface area contributed by atoms with Crippen LogP contribution in [0.25, 0.3) is 0 Å². The summed E-state index contributed by atoms with van der Waals surface area (Å²) in [6.07, 6.45) is 1.87. The topological polar surface area (TPSA) is 48.5 Å². The molecular weight excluding hydrogens is 308 g/mol. The van der Waals surface area contributed by atoms with E-state index < -0.39 is 0 Å². The molecule has 2 rings (SSSR count). The Hall–Kier alpha value is -1.27. The summed E-state index contributed by atoms with van der Waals surface area (Å²) in [6.45, 7) is 11.1. The molecule has 0 spiro atoms. The van der Waals surface area contributed by atoms with Crippen molar-refractivity contribution in [1.29, 1.82) is 0 Å². The number of piperazine rings is 1. The van der Waals surface area contributed by atoms with Gasteiger partial charge in [0.2, 0.25) is 5.91 Å². The molecule has 0 unspecified atom stereocenters. The fourth-order valence-electron chi connectivity index (χ4n) is 2.28. The molecule has 1 fully saturated rings. The van der Waals surface area contributed by atoms with Gasteiger partial charge >= 0.3 is 0 Å². The average Bonchev–Trinajstić information content (AvgIpc) is 2.51. The molecule has 1 aliphatic rings. The summed E-state index contributed by atoms with van der Waals surface area (Å²) >= 11 is 1.66. The molecule has 0 aromatic carbocycles. The van der Waals surface area contributed by atoms with Gasteiger partial charge in [0, 0.05) is 43.7 Å². The van der Waals surface area contributed by atoms with Crippen molar-refractivity contribution in [3.05, 3.63) is 23.9 Å². The van der Waals surface area contributed by atoms with Crippen molar-refractivity contribution in [3.8, 4) is 0 Å². The number of pyridine rings is 1. The number of rotatable bonds is 5. The Kier molecular flexibility index (Phi) is 6.30. The number of hydrogen-bond donors (Lipinski definition) is 1. The van der Waals surface area contributed by atoms with Gasteiger partial charge in [0.15, 0.2) is 0 Å². The molecule has 2 heterocycles. The number of aromatic nitrogens is 1. The molecular formula is C17H28N4OS. The van der Waals surface area contributed by atoms with Crippen LogP contribution in [0.2, 0.25) is 0 Å². The molecule has 5 nitrogen and oxygen atoms in total. The zero-order valence-corrected chi connectivity index (χ0v) is 15.4. The Morgan fingerprint density at radius 3 is 2.52 bits per heavy atom. The van der Waals surface area contributed by atoms with E-state index in [0.29, 0.717) is 12.3 Å². The van der Waals surface area contributed by atoms with Crippen molar-refractivity contribution < 1.29 is 4.79 Å². The van der Waals surface area contributed by atoms with Gasteiger partial charge in [0.25, 0.3) is 0 Å². The van der Waals surface area contributed by atoms with E-state index in [1.54, 1.807) is 11.8 Å². The molecule has 0 atom stereocenters. The Bertz CT molecular complexity index is 504. The Morgan fingerprint density at radius 2 is 1.96 bits per heavy atom. The maximum Gasteiger partial charge on any atom is 0.230 e. The number of carbonyl (C=O) groups is 1. The van der Waals surface area contributed by atoms with E-state index in [-0.39, 0.29) is 10.7 Å². The van der Waals surface area contributed by atoms with E-state index in [0.717, 1.165) is 37.6 Å². The molecule has 0 saturated carbocycles. The third-order valence-corrected chi connectivity index (χ3v) is 5.03. The van der Waals surface area contributed by atoms with Crippen LogP contribution >= 0.6 is 11.8 Å². The molecule has 1 saturated heterocycles. The first-order valence-corrected chi connectivity index (χ1v) is 9.11. The molecule has 6 heteroatoms. The molecule has 23 heavy (non-hydrogen) atoms. The number of carbonyl (C=O) groups excluding carboxylic acids is 1. The minimum atomic E-state index is 0.0769. The normalized spacial score (nSPS) is 16.4. The van der Waals surface area contributed by atoms with Gasteiger partial charge in [-0.25, -0.2) is 4.98 Å². The number of nitrogens with one attached hydrogen (secondary N) is 1. The number of hydrogen-bond acceptors (Lipinski definition) is 5. The number of anilines is 1. The van der Waals surface area contributed by atoms with E-state index >= 15 is 0 Å². The van der Waals surface area contributed by atoms with Crippen LogP contribution in [0.1, 0.15) is 26.3 Å². The summed E-state index contributed by atoms with van der Waals surface area (Å²) < 4.78 is 0.114. The van der Waals surface area contributed by atoms with Gasteiger partial charge < -0.3 is 15.1 Å². The molecule has 1 aliphatic heterocycles. The van der Waals surface area contributed by atoms with Gasteiger partial charge in [0.1, 0.15) is 5.82 Å². The lowest BCUT2D eigenvalue weighted by Crippen LogP contribution is -2.44. The number of likely N-dealkylation sites (N-methyl/N-ethyl adjacent to an activating group) is 1. The minimum absolute atomic E-state index is 0.0769. The zero-order valence-electron chi connectivity index (χ0n) is 14.6. The summed E-state index contributed by atoms with van der Waals surface area (Å²) in [7, 11) is 2.15. The van der Waals surface area contributed by atoms with Gasteiger partial charge in [-0.1, -0.05) is 26.8 Å². The molecule has 0 radical (unpaired) electrons. The van der Waals surface area contributed by atoms with Crippen LogP contribution in [0.5, 0.6) is 0 Å². The highest BCUT2D eigenvalue weighted by Gasteiger charge is 2.15. The lowest BCUT2D eigenvalue weighted by atomic mass is 10.2. The van der Waals surface area contributed by atoms with Gasteiger partial charge in [-0.05, 0) is 18.7 Å². The standard InChI is InChI=1S/C17H28N4OS/c1-17(2,3)23-13-16(22)19-12-14-5-6-15(18-11-14)21-9-7-20(4)8-10-21/h5-6,11H,7-10,12-13H2,1-4H3,(H,19,22). The predicted octanol–water partition coefficient (Wildman–Crippen LogP) is 1.98. The van der Waals surface area contributed by atoms with Crippen LogP contribution in [-0.4, -0.2) is 59.5 Å². The highest BCUT2D eigenvalue weighted by Crippen LogP contribution is 2.22. The average molecular weight is 337 g/mol. The monoisotopic (exact) mass is 336 g/mol. The zero-order chi connectivity index (χ0) is 16.9. The number of thioether (sulfide) groups is 1. The quantitative estimate of drug-likeness (QED) is 0.891. The Balaban J connectivity index is 1.78. The van der Waals surface area contributed by atoms with E-state index in [1.807, 2.05) is 6.20 Å². The summed E-state index contributed by atoms with van der Waals surface area (Å²) in [5.74, 6) is 1.60. The second-order valence-electron chi connectivity index (χ2n) is 6.99. The molecule has 0 aliphatic carbocycles. The summed E-state index contributed by atoms with van der Waals surface area (Å²) in [5, 5.41) is 2.96. The first kappa shape index (κ1) is 18.1. The summed E-state index contributed by atoms with van der Waals surface area (Å²) in [5.41, 5.74) is 1.04. The smallest absolute Gasteiger partial charge is 0.230 e. The molecule has 1 aromatic rings. The first-order chi connectivity index (χ1) is 10.8. The van der Waals surface area contributed by atoms with Crippen LogP contribution in [0.3, 0.4) is 0 Å². The largest absolute Gasteiger partial charge is 0.354 e. The first-order valence-electron chi connectivity index (χ1n) is 8.12. The van der Waals surface area contributed by atoms with Crippen molar-refractivity contribution in [3.63, 3.8) is 0 Å². The van der Waals surface area contributed by atoms with Gasteiger partial charge in [-0.3, -0.25) is 4.79 Å². The fraction of sp³-hybridized carbons (Fsp3) is 0.647. The highest BCUT2D eigenvalue weighted by molar-refractivity contribution is 8.01. The minimum Gasteiger partial charge on any atom is -0.354 e. The van der Waals surface area contributed by atoms with Gasteiger partial charge in [0.05, 0.1) is 5.75 Å². The third-order valence-electron chi connectivity index (χ3n) is 3.76. The van der Waals surface area contributed by atoms with Gasteiger partial charge in [-0.15, -0.1) is 11.8 Å². The second kappa shape index (κ2) is 8.02. The van der Waals surface area contributed by atoms with Crippen molar-refractivity contribution in [2.75, 3.05) is 43.9 Å². The SMILES string of the molecule is CN1CCN(c2ccc(CNC(=O)CSC(C)(C)C)cn2)CC1. The molecule has 1 amide bonds. The van der Waals surface area contributed by atoms with E-state index in [9.17, 15) is 4.79 Å². The van der Waals surface area contributed by atoms with E-state index in [4.69, 9.17) is 0 Å². The Labute approximate surface area is 143 Å².